The summed E-state index contributed by atoms with van der Waals surface area (Å²) in [5.41, 5.74) is 4.85. The first-order valence-corrected chi connectivity index (χ1v) is 13.0. The Bertz CT molecular complexity index is 1010. The Morgan fingerprint density at radius 3 is 2.03 bits per heavy atom. The third-order valence-corrected chi connectivity index (χ3v) is 5.64. The zero-order valence-corrected chi connectivity index (χ0v) is 22.7. The van der Waals surface area contributed by atoms with Crippen LogP contribution in [0.2, 0.25) is 0 Å². The topological polar surface area (TPSA) is 117 Å². The molecular formula is C29H40N4O5. The predicted molar refractivity (Wildman–Crippen MR) is 146 cm³/mol. The van der Waals surface area contributed by atoms with E-state index in [-0.39, 0.29) is 37.2 Å². The maximum atomic E-state index is 13.4. The van der Waals surface area contributed by atoms with Gasteiger partial charge in [0.2, 0.25) is 12.2 Å². The zero-order valence-electron chi connectivity index (χ0n) is 22.7. The van der Waals surface area contributed by atoms with Gasteiger partial charge < -0.3 is 15.4 Å². The fraction of sp³-hybridized carbons (Fsp3) is 0.448. The van der Waals surface area contributed by atoms with Crippen LogP contribution in [0.3, 0.4) is 0 Å². The molecule has 0 aliphatic carbocycles. The van der Waals surface area contributed by atoms with Gasteiger partial charge >= 0.3 is 12.0 Å². The highest BCUT2D eigenvalue weighted by molar-refractivity contribution is 6.23. The average molecular weight is 525 g/mol. The molecule has 0 fully saturated rings. The maximum Gasteiger partial charge on any atom is 0.408 e. The Morgan fingerprint density at radius 1 is 0.868 bits per heavy atom. The molecule has 2 rings (SSSR count). The van der Waals surface area contributed by atoms with Crippen LogP contribution in [0.15, 0.2) is 60.7 Å². The van der Waals surface area contributed by atoms with E-state index in [1.807, 2.05) is 88.4 Å². The van der Waals surface area contributed by atoms with Crippen molar-refractivity contribution >= 4 is 24.2 Å². The minimum atomic E-state index is -0.806. The summed E-state index contributed by atoms with van der Waals surface area (Å²) < 4.78 is 5.33. The van der Waals surface area contributed by atoms with Crippen molar-refractivity contribution in [1.82, 2.24) is 21.1 Å². The minimum absolute atomic E-state index is 0.0969. The van der Waals surface area contributed by atoms with Crippen molar-refractivity contribution in [3.63, 3.8) is 0 Å². The molecule has 2 aromatic rings. The van der Waals surface area contributed by atoms with E-state index in [2.05, 4.69) is 16.1 Å². The summed E-state index contributed by atoms with van der Waals surface area (Å²) in [7, 11) is 0. The number of nitrogens with one attached hydrogen (secondary N) is 3. The third kappa shape index (κ3) is 11.6. The van der Waals surface area contributed by atoms with Crippen molar-refractivity contribution in [3.8, 4) is 0 Å². The number of ether oxygens (including phenoxy) is 1. The van der Waals surface area contributed by atoms with Crippen molar-refractivity contribution in [1.29, 1.82) is 0 Å². The third-order valence-electron chi connectivity index (χ3n) is 5.64. The molecule has 2 aromatic carbocycles. The molecule has 0 saturated carbocycles. The van der Waals surface area contributed by atoms with E-state index in [1.165, 1.54) is 5.01 Å². The van der Waals surface area contributed by atoms with Crippen molar-refractivity contribution in [2.75, 3.05) is 13.1 Å². The Balaban J connectivity index is 2.10. The second kappa shape index (κ2) is 16.2. The predicted octanol–water partition coefficient (Wildman–Crippen LogP) is 3.24. The summed E-state index contributed by atoms with van der Waals surface area (Å²) >= 11 is 0. The van der Waals surface area contributed by atoms with Gasteiger partial charge in [-0.05, 0) is 35.8 Å². The lowest BCUT2D eigenvalue weighted by Crippen LogP contribution is -2.55. The Morgan fingerprint density at radius 2 is 1.47 bits per heavy atom. The second-order valence-corrected chi connectivity index (χ2v) is 10.1. The summed E-state index contributed by atoms with van der Waals surface area (Å²) in [4.78, 5) is 49.1. The standard InChI is InChI=1S/C29H40N4O5/c1-21(2)15-26(32-29(37)38-20-24-13-9-6-10-14-24)28(36)31-25(16-23-11-7-5-8-12-23)17-30-33(18-22(3)4)27(35)19-34/h5-14,19,21-22,25-26,30H,15-18,20H2,1-4H3,(H,31,36)(H,32,37)/t25-,26-/m0/s1. The molecule has 0 bridgehead atoms. The second-order valence-electron chi connectivity index (χ2n) is 10.1. The van der Waals surface area contributed by atoms with Gasteiger partial charge in [0.15, 0.2) is 0 Å². The molecule has 206 valence electrons. The number of amides is 3. The van der Waals surface area contributed by atoms with Crippen LogP contribution < -0.4 is 16.1 Å². The number of nitrogens with zero attached hydrogens (tertiary/aromatic N) is 1. The smallest absolute Gasteiger partial charge is 0.408 e. The number of hydrogen-bond donors (Lipinski definition) is 3. The van der Waals surface area contributed by atoms with E-state index in [1.54, 1.807) is 0 Å². The van der Waals surface area contributed by atoms with Gasteiger partial charge in [-0.15, -0.1) is 0 Å². The highest BCUT2D eigenvalue weighted by Crippen LogP contribution is 2.09. The fourth-order valence-corrected chi connectivity index (χ4v) is 3.87. The Hall–Kier alpha value is -3.72. The number of alkyl carbamates (subject to hydrolysis) is 1. The van der Waals surface area contributed by atoms with Gasteiger partial charge in [-0.2, -0.15) is 0 Å². The SMILES string of the molecule is CC(C)C[C@H](NC(=O)OCc1ccccc1)C(=O)N[C@H](CNN(CC(C)C)C(=O)C=O)Cc1ccccc1. The number of rotatable bonds is 15. The van der Waals surface area contributed by atoms with Gasteiger partial charge in [0.1, 0.15) is 12.6 Å². The molecule has 0 aromatic heterocycles. The first-order chi connectivity index (χ1) is 18.2. The van der Waals surface area contributed by atoms with E-state index in [0.29, 0.717) is 19.4 Å². The number of carbonyl (C=O) groups is 4. The van der Waals surface area contributed by atoms with E-state index >= 15 is 0 Å². The number of carbonyl (C=O) groups excluding carboxylic acids is 4. The first-order valence-electron chi connectivity index (χ1n) is 13.0. The van der Waals surface area contributed by atoms with E-state index < -0.39 is 24.1 Å². The molecule has 0 aliphatic heterocycles. The van der Waals surface area contributed by atoms with Gasteiger partial charge in [0.05, 0.1) is 0 Å². The van der Waals surface area contributed by atoms with Crippen LogP contribution in [-0.2, 0) is 32.1 Å². The molecule has 0 unspecified atom stereocenters. The van der Waals surface area contributed by atoms with Crippen molar-refractivity contribution in [3.05, 3.63) is 71.8 Å². The maximum absolute atomic E-state index is 13.4. The molecule has 0 spiro atoms. The summed E-state index contributed by atoms with van der Waals surface area (Å²) in [6.07, 6.45) is 0.495. The molecular weight excluding hydrogens is 484 g/mol. The number of aldehydes is 1. The van der Waals surface area contributed by atoms with E-state index in [9.17, 15) is 19.2 Å². The van der Waals surface area contributed by atoms with Crippen LogP contribution in [0.25, 0.3) is 0 Å². The lowest BCUT2D eigenvalue weighted by molar-refractivity contribution is -0.141. The van der Waals surface area contributed by atoms with E-state index in [4.69, 9.17) is 4.74 Å². The van der Waals surface area contributed by atoms with Crippen LogP contribution in [0.1, 0.15) is 45.2 Å². The van der Waals surface area contributed by atoms with Gasteiger partial charge in [-0.25, -0.2) is 10.2 Å². The molecule has 0 heterocycles. The first kappa shape index (κ1) is 30.5. The normalized spacial score (nSPS) is 12.5. The highest BCUT2D eigenvalue weighted by atomic mass is 16.5. The quantitative estimate of drug-likeness (QED) is 0.187. The largest absolute Gasteiger partial charge is 0.445 e. The zero-order chi connectivity index (χ0) is 27.9. The molecule has 3 N–H and O–H groups in total. The molecule has 0 aliphatic rings. The Kier molecular flexibility index (Phi) is 13.0. The lowest BCUT2D eigenvalue weighted by atomic mass is 10.0. The van der Waals surface area contributed by atoms with Crippen molar-refractivity contribution < 1.29 is 23.9 Å². The number of benzene rings is 2. The van der Waals surface area contributed by atoms with Crippen LogP contribution in [0.5, 0.6) is 0 Å². The van der Waals surface area contributed by atoms with Gasteiger partial charge in [0, 0.05) is 19.1 Å². The van der Waals surface area contributed by atoms with E-state index in [0.717, 1.165) is 11.1 Å². The molecule has 3 amide bonds. The lowest BCUT2D eigenvalue weighted by Gasteiger charge is -2.28. The average Bonchev–Trinajstić information content (AvgIpc) is 2.89. The highest BCUT2D eigenvalue weighted by Gasteiger charge is 2.26. The van der Waals surface area contributed by atoms with Crippen molar-refractivity contribution in [2.45, 2.75) is 59.2 Å². The summed E-state index contributed by atoms with van der Waals surface area (Å²) in [5.74, 6) is -0.757. The summed E-state index contributed by atoms with van der Waals surface area (Å²) in [6.45, 7) is 8.46. The van der Waals surface area contributed by atoms with Crippen molar-refractivity contribution in [2.24, 2.45) is 11.8 Å². The number of hydrazine groups is 1. The fourth-order valence-electron chi connectivity index (χ4n) is 3.87. The minimum Gasteiger partial charge on any atom is -0.445 e. The molecule has 0 saturated heterocycles. The molecule has 38 heavy (non-hydrogen) atoms. The number of hydrogen-bond acceptors (Lipinski definition) is 6. The molecule has 0 radical (unpaired) electrons. The van der Waals surface area contributed by atoms with Gasteiger partial charge in [-0.3, -0.25) is 19.4 Å². The molecule has 9 heteroatoms. The molecule has 2 atom stereocenters. The van der Waals surface area contributed by atoms with Gasteiger partial charge in [0.25, 0.3) is 0 Å². The van der Waals surface area contributed by atoms with Crippen LogP contribution in [-0.4, -0.2) is 54.4 Å². The van der Waals surface area contributed by atoms with Crippen LogP contribution >= 0.6 is 0 Å². The monoisotopic (exact) mass is 524 g/mol. The Labute approximate surface area is 225 Å². The van der Waals surface area contributed by atoms with Crippen LogP contribution in [0.4, 0.5) is 4.79 Å². The summed E-state index contributed by atoms with van der Waals surface area (Å²) in [5, 5.41) is 6.99. The molecule has 9 nitrogen and oxygen atoms in total. The summed E-state index contributed by atoms with van der Waals surface area (Å²) in [6, 6.07) is 17.7. The van der Waals surface area contributed by atoms with Gasteiger partial charge in [-0.1, -0.05) is 88.4 Å². The van der Waals surface area contributed by atoms with Crippen LogP contribution in [0, 0.1) is 11.8 Å².